The van der Waals surface area contributed by atoms with Crippen molar-refractivity contribution in [1.82, 2.24) is 5.32 Å². The lowest BCUT2D eigenvalue weighted by molar-refractivity contribution is 0.248. The van der Waals surface area contributed by atoms with Crippen molar-refractivity contribution in [2.75, 3.05) is 6.73 Å². The Labute approximate surface area is 78.9 Å². The predicted octanol–water partition coefficient (Wildman–Crippen LogP) is 1.84. The predicted molar refractivity (Wildman–Crippen MR) is 54.2 cm³/mol. The number of nitrogens with one attached hydrogen (secondary N) is 1. The van der Waals surface area contributed by atoms with Crippen LogP contribution in [0, 0.1) is 0 Å². The van der Waals surface area contributed by atoms with Gasteiger partial charge in [0, 0.05) is 0 Å². The highest BCUT2D eigenvalue weighted by Crippen LogP contribution is 2.18. The number of aliphatic hydroxyl groups excluding tert-OH is 1. The van der Waals surface area contributed by atoms with Gasteiger partial charge in [-0.1, -0.05) is 42.5 Å². The van der Waals surface area contributed by atoms with Crippen LogP contribution < -0.4 is 5.32 Å². The zero-order chi connectivity index (χ0) is 9.68. The Morgan fingerprint density at radius 2 is 2.08 bits per heavy atom. The van der Waals surface area contributed by atoms with E-state index in [1.807, 2.05) is 37.3 Å². The molecule has 0 amide bonds. The molecule has 0 saturated carbocycles. The van der Waals surface area contributed by atoms with Gasteiger partial charge in [-0.15, -0.1) is 0 Å². The van der Waals surface area contributed by atoms with E-state index in [4.69, 9.17) is 5.11 Å². The molecule has 0 aliphatic carbocycles. The van der Waals surface area contributed by atoms with Gasteiger partial charge in [-0.2, -0.15) is 0 Å². The number of benzene rings is 1. The average molecular weight is 177 g/mol. The second-order valence-electron chi connectivity index (χ2n) is 3.05. The summed E-state index contributed by atoms with van der Waals surface area (Å²) in [4.78, 5) is 0. The van der Waals surface area contributed by atoms with E-state index in [9.17, 15) is 0 Å². The molecule has 1 aromatic rings. The maximum atomic E-state index is 8.79. The van der Waals surface area contributed by atoms with Crippen LogP contribution in [0.3, 0.4) is 0 Å². The van der Waals surface area contributed by atoms with Crippen LogP contribution in [0.2, 0.25) is 0 Å². The summed E-state index contributed by atoms with van der Waals surface area (Å²) in [5.41, 5.74) is 2.13. The molecule has 0 aliphatic rings. The van der Waals surface area contributed by atoms with E-state index < -0.39 is 0 Å². The van der Waals surface area contributed by atoms with Crippen LogP contribution in [-0.2, 0) is 0 Å². The van der Waals surface area contributed by atoms with Gasteiger partial charge in [0.15, 0.2) is 0 Å². The van der Waals surface area contributed by atoms with E-state index in [-0.39, 0.29) is 12.8 Å². The maximum Gasteiger partial charge on any atom is 0.0938 e. The molecule has 1 unspecified atom stereocenters. The molecule has 2 N–H and O–H groups in total. The molecule has 1 aromatic carbocycles. The molecule has 0 fully saturated rings. The molecule has 0 heterocycles. The smallest absolute Gasteiger partial charge is 0.0938 e. The molecule has 0 aliphatic heterocycles. The van der Waals surface area contributed by atoms with Crippen LogP contribution in [0.4, 0.5) is 0 Å². The monoisotopic (exact) mass is 177 g/mol. The molecule has 0 saturated heterocycles. The van der Waals surface area contributed by atoms with Gasteiger partial charge in [-0.3, -0.25) is 5.32 Å². The lowest BCUT2D eigenvalue weighted by atomic mass is 10.0. The highest BCUT2D eigenvalue weighted by atomic mass is 16.3. The molecular weight excluding hydrogens is 162 g/mol. The fourth-order valence-electron chi connectivity index (χ4n) is 1.31. The minimum absolute atomic E-state index is 0.0353. The quantitative estimate of drug-likeness (QED) is 0.543. The second-order valence-corrected chi connectivity index (χ2v) is 3.05. The third-order valence-electron chi connectivity index (χ3n) is 1.92. The summed E-state index contributed by atoms with van der Waals surface area (Å²) in [6.45, 7) is 5.79. The SMILES string of the molecule is C=C(C)C(NCO)c1ccccc1. The van der Waals surface area contributed by atoms with E-state index in [2.05, 4.69) is 11.9 Å². The Morgan fingerprint density at radius 1 is 1.46 bits per heavy atom. The molecule has 2 heteroatoms. The first-order chi connectivity index (χ1) is 6.25. The molecule has 1 atom stereocenters. The Bertz CT molecular complexity index is 269. The topological polar surface area (TPSA) is 32.3 Å². The fraction of sp³-hybridized carbons (Fsp3) is 0.273. The molecule has 0 bridgehead atoms. The van der Waals surface area contributed by atoms with Crippen molar-refractivity contribution in [1.29, 1.82) is 0 Å². The van der Waals surface area contributed by atoms with Crippen LogP contribution in [-0.4, -0.2) is 11.8 Å². The Hall–Kier alpha value is -1.12. The molecular formula is C11H15NO. The zero-order valence-electron chi connectivity index (χ0n) is 7.83. The van der Waals surface area contributed by atoms with Crippen LogP contribution in [0.1, 0.15) is 18.5 Å². The molecule has 0 spiro atoms. The van der Waals surface area contributed by atoms with Gasteiger partial charge in [0.05, 0.1) is 12.8 Å². The second kappa shape index (κ2) is 4.80. The lowest BCUT2D eigenvalue weighted by Gasteiger charge is -2.17. The fourth-order valence-corrected chi connectivity index (χ4v) is 1.31. The van der Waals surface area contributed by atoms with Crippen molar-refractivity contribution in [2.45, 2.75) is 13.0 Å². The maximum absolute atomic E-state index is 8.79. The molecule has 0 aromatic heterocycles. The van der Waals surface area contributed by atoms with Crippen LogP contribution in [0.25, 0.3) is 0 Å². The average Bonchev–Trinajstić information content (AvgIpc) is 2.15. The van der Waals surface area contributed by atoms with Gasteiger partial charge < -0.3 is 5.11 Å². The standard InChI is InChI=1S/C11H15NO/c1-9(2)11(12-8-13)10-6-4-3-5-7-10/h3-7,11-13H,1,8H2,2H3. The summed E-state index contributed by atoms with van der Waals surface area (Å²) in [7, 11) is 0. The van der Waals surface area contributed by atoms with Gasteiger partial charge in [0.1, 0.15) is 0 Å². The van der Waals surface area contributed by atoms with Crippen molar-refractivity contribution >= 4 is 0 Å². The summed E-state index contributed by atoms with van der Waals surface area (Å²) < 4.78 is 0. The van der Waals surface area contributed by atoms with Gasteiger partial charge >= 0.3 is 0 Å². The van der Waals surface area contributed by atoms with E-state index in [0.717, 1.165) is 11.1 Å². The number of aliphatic hydroxyl groups is 1. The summed E-state index contributed by atoms with van der Waals surface area (Å²) in [6, 6.07) is 10.0. The van der Waals surface area contributed by atoms with E-state index in [0.29, 0.717) is 0 Å². The van der Waals surface area contributed by atoms with Crippen molar-refractivity contribution in [2.24, 2.45) is 0 Å². The molecule has 2 nitrogen and oxygen atoms in total. The van der Waals surface area contributed by atoms with Crippen molar-refractivity contribution in [3.8, 4) is 0 Å². The minimum Gasteiger partial charge on any atom is -0.381 e. The van der Waals surface area contributed by atoms with E-state index in [1.165, 1.54) is 0 Å². The molecule has 1 rings (SSSR count). The normalized spacial score (nSPS) is 12.5. The highest BCUT2D eigenvalue weighted by Gasteiger charge is 2.09. The van der Waals surface area contributed by atoms with Crippen LogP contribution >= 0.6 is 0 Å². The zero-order valence-corrected chi connectivity index (χ0v) is 7.83. The summed E-state index contributed by atoms with van der Waals surface area (Å²) in [5, 5.41) is 11.7. The van der Waals surface area contributed by atoms with Crippen molar-refractivity contribution < 1.29 is 5.11 Å². The molecule has 13 heavy (non-hydrogen) atoms. The third kappa shape index (κ3) is 2.68. The summed E-state index contributed by atoms with van der Waals surface area (Å²) in [5.74, 6) is 0. The van der Waals surface area contributed by atoms with Gasteiger partial charge in [0.2, 0.25) is 0 Å². The van der Waals surface area contributed by atoms with Gasteiger partial charge in [-0.25, -0.2) is 0 Å². The van der Waals surface area contributed by atoms with Crippen molar-refractivity contribution in [3.05, 3.63) is 48.0 Å². The highest BCUT2D eigenvalue weighted by molar-refractivity contribution is 5.25. The van der Waals surface area contributed by atoms with E-state index >= 15 is 0 Å². The number of hydrogen-bond acceptors (Lipinski definition) is 2. The first-order valence-electron chi connectivity index (χ1n) is 4.30. The van der Waals surface area contributed by atoms with Crippen LogP contribution in [0.5, 0.6) is 0 Å². The summed E-state index contributed by atoms with van der Waals surface area (Å²) >= 11 is 0. The largest absolute Gasteiger partial charge is 0.381 e. The van der Waals surface area contributed by atoms with Gasteiger partial charge in [0.25, 0.3) is 0 Å². The number of hydrogen-bond donors (Lipinski definition) is 2. The Balaban J connectivity index is 2.82. The number of rotatable bonds is 4. The first-order valence-corrected chi connectivity index (χ1v) is 4.30. The Morgan fingerprint density at radius 3 is 2.54 bits per heavy atom. The summed E-state index contributed by atoms with van der Waals surface area (Å²) in [6.07, 6.45) is 0. The van der Waals surface area contributed by atoms with Gasteiger partial charge in [-0.05, 0) is 12.5 Å². The lowest BCUT2D eigenvalue weighted by Crippen LogP contribution is -2.22. The minimum atomic E-state index is -0.0353. The Kier molecular flexibility index (Phi) is 3.68. The first kappa shape index (κ1) is 9.96. The molecule has 0 radical (unpaired) electrons. The van der Waals surface area contributed by atoms with E-state index in [1.54, 1.807) is 0 Å². The van der Waals surface area contributed by atoms with Crippen LogP contribution in [0.15, 0.2) is 42.5 Å². The molecule has 70 valence electrons. The third-order valence-corrected chi connectivity index (χ3v) is 1.92. The van der Waals surface area contributed by atoms with Crippen molar-refractivity contribution in [3.63, 3.8) is 0 Å².